The predicted molar refractivity (Wildman–Crippen MR) is 121 cm³/mol. The summed E-state index contributed by atoms with van der Waals surface area (Å²) in [6.07, 6.45) is 2.93. The van der Waals surface area contributed by atoms with Gasteiger partial charge in [0.1, 0.15) is 0 Å². The fraction of sp³-hybridized carbons (Fsp3) is 0.346. The van der Waals surface area contributed by atoms with Crippen molar-refractivity contribution in [3.8, 4) is 10.4 Å². The van der Waals surface area contributed by atoms with Gasteiger partial charge in [0.2, 0.25) is 0 Å². The minimum Gasteiger partial charge on any atom is -0.293 e. The Morgan fingerprint density at radius 3 is 2.36 bits per heavy atom. The monoisotopic (exact) mass is 390 g/mol. The van der Waals surface area contributed by atoms with Crippen molar-refractivity contribution in [3.63, 3.8) is 0 Å². The van der Waals surface area contributed by atoms with E-state index in [4.69, 9.17) is 0 Å². The molecule has 2 aromatic carbocycles. The molecule has 1 aromatic heterocycles. The van der Waals surface area contributed by atoms with Crippen LogP contribution in [0.3, 0.4) is 0 Å². The molecule has 1 nitrogen and oxygen atoms in total. The maximum Gasteiger partial charge on any atom is 0.175 e. The lowest BCUT2D eigenvalue weighted by Crippen LogP contribution is -2.08. The molecule has 146 valence electrons. The molecule has 3 rings (SSSR count). The quantitative estimate of drug-likeness (QED) is 0.359. The zero-order valence-corrected chi connectivity index (χ0v) is 18.2. The molecule has 1 unspecified atom stereocenters. The standard InChI is InChI=1S/C26H30OS/c1-5-8-19(4)26(27)25-14-13-24(28-25)23-12-7-10-21(17-23)15-20-9-6-11-22(16-20)18(2)3/h6-7,9-14,16-19H,5,8,15H2,1-4H3. The summed E-state index contributed by atoms with van der Waals surface area (Å²) in [5.74, 6) is 0.930. The molecular formula is C26H30OS. The van der Waals surface area contributed by atoms with E-state index in [-0.39, 0.29) is 11.7 Å². The van der Waals surface area contributed by atoms with Crippen molar-refractivity contribution >= 4 is 17.1 Å². The number of carbonyl (C=O) groups is 1. The summed E-state index contributed by atoms with van der Waals surface area (Å²) >= 11 is 1.62. The molecule has 0 fully saturated rings. The minimum absolute atomic E-state index is 0.107. The van der Waals surface area contributed by atoms with E-state index in [0.29, 0.717) is 5.92 Å². The topological polar surface area (TPSA) is 17.1 Å². The fourth-order valence-electron chi connectivity index (χ4n) is 3.56. The van der Waals surface area contributed by atoms with E-state index in [1.54, 1.807) is 11.3 Å². The molecule has 0 N–H and O–H groups in total. The van der Waals surface area contributed by atoms with Gasteiger partial charge in [0.05, 0.1) is 4.88 Å². The van der Waals surface area contributed by atoms with Gasteiger partial charge in [-0.2, -0.15) is 0 Å². The summed E-state index contributed by atoms with van der Waals surface area (Å²) in [4.78, 5) is 14.6. The van der Waals surface area contributed by atoms with Gasteiger partial charge in [-0.05, 0) is 53.1 Å². The van der Waals surface area contributed by atoms with Crippen LogP contribution >= 0.6 is 11.3 Å². The Kier molecular flexibility index (Phi) is 6.85. The van der Waals surface area contributed by atoms with Gasteiger partial charge in [-0.1, -0.05) is 82.6 Å². The summed E-state index contributed by atoms with van der Waals surface area (Å²) in [5.41, 5.74) is 5.23. The Morgan fingerprint density at radius 1 is 0.929 bits per heavy atom. The maximum absolute atomic E-state index is 12.6. The maximum atomic E-state index is 12.6. The lowest BCUT2D eigenvalue weighted by molar-refractivity contribution is 0.0928. The van der Waals surface area contributed by atoms with Gasteiger partial charge in [-0.25, -0.2) is 0 Å². The molecule has 0 bridgehead atoms. The van der Waals surface area contributed by atoms with Crippen molar-refractivity contribution in [2.75, 3.05) is 0 Å². The number of hydrogen-bond acceptors (Lipinski definition) is 2. The first-order chi connectivity index (χ1) is 13.5. The molecule has 1 atom stereocenters. The summed E-state index contributed by atoms with van der Waals surface area (Å²) < 4.78 is 0. The molecule has 28 heavy (non-hydrogen) atoms. The van der Waals surface area contributed by atoms with Crippen LogP contribution in [0.5, 0.6) is 0 Å². The second kappa shape index (κ2) is 9.34. The Morgan fingerprint density at radius 2 is 1.64 bits per heavy atom. The predicted octanol–water partition coefficient (Wildman–Crippen LogP) is 7.75. The summed E-state index contributed by atoms with van der Waals surface area (Å²) in [6, 6.07) is 21.7. The van der Waals surface area contributed by atoms with Crippen molar-refractivity contribution in [1.29, 1.82) is 0 Å². The SMILES string of the molecule is CCCC(C)C(=O)c1ccc(-c2cccc(Cc3cccc(C(C)C)c3)c2)s1. The van der Waals surface area contributed by atoms with Gasteiger partial charge in [-0.3, -0.25) is 4.79 Å². The molecule has 0 spiro atoms. The fourth-order valence-corrected chi connectivity index (χ4v) is 4.62. The number of Topliss-reactive ketones (excluding diaryl/α,β-unsaturated/α-hetero) is 1. The lowest BCUT2D eigenvalue weighted by Gasteiger charge is -2.09. The second-order valence-electron chi connectivity index (χ2n) is 7.99. The molecular weight excluding hydrogens is 360 g/mol. The Bertz CT molecular complexity index is 935. The molecule has 0 amide bonds. The largest absolute Gasteiger partial charge is 0.293 e. The van der Waals surface area contributed by atoms with Crippen molar-refractivity contribution in [2.24, 2.45) is 5.92 Å². The molecule has 0 aliphatic carbocycles. The Balaban J connectivity index is 1.79. The van der Waals surface area contributed by atoms with E-state index in [1.165, 1.54) is 27.1 Å². The second-order valence-corrected chi connectivity index (χ2v) is 9.08. The van der Waals surface area contributed by atoms with Gasteiger partial charge < -0.3 is 0 Å². The molecule has 1 heterocycles. The van der Waals surface area contributed by atoms with Crippen LogP contribution in [0, 0.1) is 5.92 Å². The highest BCUT2D eigenvalue weighted by molar-refractivity contribution is 7.17. The molecule has 0 aliphatic heterocycles. The van der Waals surface area contributed by atoms with Crippen molar-refractivity contribution in [1.82, 2.24) is 0 Å². The highest BCUT2D eigenvalue weighted by Gasteiger charge is 2.17. The molecule has 0 saturated heterocycles. The number of benzene rings is 2. The first-order valence-electron chi connectivity index (χ1n) is 10.3. The van der Waals surface area contributed by atoms with E-state index in [0.717, 1.165) is 24.1 Å². The van der Waals surface area contributed by atoms with Crippen LogP contribution in [0.1, 0.15) is 72.8 Å². The van der Waals surface area contributed by atoms with Crippen LogP contribution in [-0.4, -0.2) is 5.78 Å². The normalized spacial score (nSPS) is 12.3. The number of thiophene rings is 1. The highest BCUT2D eigenvalue weighted by atomic mass is 32.1. The van der Waals surface area contributed by atoms with E-state index in [2.05, 4.69) is 75.4 Å². The zero-order valence-electron chi connectivity index (χ0n) is 17.4. The number of hydrogen-bond donors (Lipinski definition) is 0. The molecule has 0 aliphatic rings. The summed E-state index contributed by atoms with van der Waals surface area (Å²) in [5, 5.41) is 0. The van der Waals surface area contributed by atoms with Crippen molar-refractivity contribution in [2.45, 2.75) is 52.9 Å². The van der Waals surface area contributed by atoms with E-state index < -0.39 is 0 Å². The number of rotatable bonds is 8. The molecule has 0 saturated carbocycles. The summed E-state index contributed by atoms with van der Waals surface area (Å²) in [6.45, 7) is 8.64. The number of carbonyl (C=O) groups excluding carboxylic acids is 1. The highest BCUT2D eigenvalue weighted by Crippen LogP contribution is 2.31. The van der Waals surface area contributed by atoms with Crippen LogP contribution in [-0.2, 0) is 6.42 Å². The number of ketones is 1. The van der Waals surface area contributed by atoms with Gasteiger partial charge in [0, 0.05) is 10.8 Å². The van der Waals surface area contributed by atoms with Crippen molar-refractivity contribution in [3.05, 3.63) is 82.2 Å². The van der Waals surface area contributed by atoms with Gasteiger partial charge in [-0.15, -0.1) is 11.3 Å². The third-order valence-corrected chi connectivity index (χ3v) is 6.40. The Hall–Kier alpha value is -2.19. The van der Waals surface area contributed by atoms with Gasteiger partial charge in [0.25, 0.3) is 0 Å². The minimum atomic E-state index is 0.107. The van der Waals surface area contributed by atoms with Crippen LogP contribution in [0.2, 0.25) is 0 Å². The zero-order chi connectivity index (χ0) is 20.1. The van der Waals surface area contributed by atoms with Crippen molar-refractivity contribution < 1.29 is 4.79 Å². The van der Waals surface area contributed by atoms with E-state index in [9.17, 15) is 4.79 Å². The first kappa shape index (κ1) is 20.5. The van der Waals surface area contributed by atoms with Gasteiger partial charge in [0.15, 0.2) is 5.78 Å². The Labute approximate surface area is 173 Å². The molecule has 3 aromatic rings. The lowest BCUT2D eigenvalue weighted by atomic mass is 9.97. The van der Waals surface area contributed by atoms with Crippen LogP contribution in [0.25, 0.3) is 10.4 Å². The average molecular weight is 391 g/mol. The third-order valence-electron chi connectivity index (χ3n) is 5.26. The molecule has 2 heteroatoms. The van der Waals surface area contributed by atoms with Gasteiger partial charge >= 0.3 is 0 Å². The van der Waals surface area contributed by atoms with Crippen LogP contribution in [0.4, 0.5) is 0 Å². The smallest absolute Gasteiger partial charge is 0.175 e. The van der Waals surface area contributed by atoms with E-state index in [1.807, 2.05) is 13.0 Å². The van der Waals surface area contributed by atoms with E-state index >= 15 is 0 Å². The molecule has 0 radical (unpaired) electrons. The van der Waals surface area contributed by atoms with Crippen LogP contribution < -0.4 is 0 Å². The third kappa shape index (κ3) is 4.99. The van der Waals surface area contributed by atoms with Crippen LogP contribution in [0.15, 0.2) is 60.7 Å². The first-order valence-corrected chi connectivity index (χ1v) is 11.1. The summed E-state index contributed by atoms with van der Waals surface area (Å²) in [7, 11) is 0. The average Bonchev–Trinajstić information content (AvgIpc) is 3.18.